The lowest BCUT2D eigenvalue weighted by molar-refractivity contribution is 0.438. The van der Waals surface area contributed by atoms with Crippen molar-refractivity contribution in [1.82, 2.24) is 19.5 Å². The first-order valence-electron chi connectivity index (χ1n) is 6.89. The van der Waals surface area contributed by atoms with Crippen LogP contribution in [0.3, 0.4) is 0 Å². The molecule has 2 aromatic heterocycles. The van der Waals surface area contributed by atoms with Crippen LogP contribution in [0.1, 0.15) is 24.2 Å². The van der Waals surface area contributed by atoms with Crippen LogP contribution in [-0.2, 0) is 6.54 Å². The molecule has 2 aromatic rings. The summed E-state index contributed by atoms with van der Waals surface area (Å²) in [6.07, 6.45) is 8.12. The molecule has 0 atom stereocenters. The maximum Gasteiger partial charge on any atom is 0.221 e. The molecule has 1 aliphatic rings. The van der Waals surface area contributed by atoms with Crippen LogP contribution in [0.4, 0.5) is 11.8 Å². The van der Waals surface area contributed by atoms with Crippen molar-refractivity contribution in [3.8, 4) is 0 Å². The highest BCUT2D eigenvalue weighted by atomic mass is 15.1. The third-order valence-corrected chi connectivity index (χ3v) is 4.01. The molecule has 0 unspecified atom stereocenters. The number of aryl methyl sites for hydroxylation is 2. The molecule has 0 aliphatic heterocycles. The fourth-order valence-corrected chi connectivity index (χ4v) is 2.41. The van der Waals surface area contributed by atoms with Crippen LogP contribution in [-0.4, -0.2) is 26.1 Å². The van der Waals surface area contributed by atoms with E-state index in [4.69, 9.17) is 5.73 Å². The molecular formula is C14H20N6. The zero-order chi connectivity index (χ0) is 14.2. The maximum atomic E-state index is 5.64. The van der Waals surface area contributed by atoms with Crippen molar-refractivity contribution < 1.29 is 0 Å². The Balaban J connectivity index is 1.66. The van der Waals surface area contributed by atoms with E-state index >= 15 is 0 Å². The van der Waals surface area contributed by atoms with E-state index < -0.39 is 0 Å². The molecule has 0 spiro atoms. The third kappa shape index (κ3) is 2.59. The number of aromatic nitrogens is 4. The normalized spacial score (nSPS) is 16.1. The van der Waals surface area contributed by atoms with Crippen LogP contribution in [0.5, 0.6) is 0 Å². The van der Waals surface area contributed by atoms with Crippen molar-refractivity contribution in [3.05, 3.63) is 30.0 Å². The second-order valence-electron chi connectivity index (χ2n) is 5.72. The highest BCUT2D eigenvalue weighted by Crippen LogP contribution is 2.47. The molecule has 3 rings (SSSR count). The Labute approximate surface area is 118 Å². The summed E-state index contributed by atoms with van der Waals surface area (Å²) in [6, 6.07) is 0. The quantitative estimate of drug-likeness (QED) is 0.866. The molecule has 1 aliphatic carbocycles. The summed E-state index contributed by atoms with van der Waals surface area (Å²) in [5, 5.41) is 3.42. The number of anilines is 2. The number of hydrogen-bond acceptors (Lipinski definition) is 5. The molecule has 20 heavy (non-hydrogen) atoms. The summed E-state index contributed by atoms with van der Waals surface area (Å²) >= 11 is 0. The number of imidazole rings is 1. The number of hydrogen-bond donors (Lipinski definition) is 2. The SMILES string of the molecule is Cc1cnc(N)nc1NCC1(Cn2ccnc2C)CC1. The average molecular weight is 272 g/mol. The zero-order valence-corrected chi connectivity index (χ0v) is 11.9. The van der Waals surface area contributed by atoms with E-state index in [1.165, 1.54) is 12.8 Å². The third-order valence-electron chi connectivity index (χ3n) is 4.01. The molecule has 1 saturated carbocycles. The first-order valence-corrected chi connectivity index (χ1v) is 6.89. The molecule has 2 heterocycles. The van der Waals surface area contributed by atoms with E-state index in [2.05, 4.69) is 24.8 Å². The Hall–Kier alpha value is -2.11. The highest BCUT2D eigenvalue weighted by molar-refractivity contribution is 5.45. The van der Waals surface area contributed by atoms with Crippen molar-refractivity contribution in [2.45, 2.75) is 33.2 Å². The Bertz CT molecular complexity index is 614. The molecule has 106 valence electrons. The van der Waals surface area contributed by atoms with E-state index in [0.717, 1.165) is 30.3 Å². The van der Waals surface area contributed by atoms with Gasteiger partial charge in [-0.2, -0.15) is 4.98 Å². The van der Waals surface area contributed by atoms with Gasteiger partial charge < -0.3 is 15.6 Å². The number of nitrogen functional groups attached to an aromatic ring is 1. The Kier molecular flexibility index (Phi) is 3.08. The second kappa shape index (κ2) is 4.77. The largest absolute Gasteiger partial charge is 0.369 e. The van der Waals surface area contributed by atoms with Gasteiger partial charge in [0.2, 0.25) is 5.95 Å². The van der Waals surface area contributed by atoms with E-state index in [0.29, 0.717) is 11.4 Å². The molecule has 0 saturated heterocycles. The molecule has 0 amide bonds. The van der Waals surface area contributed by atoms with Crippen LogP contribution in [0.15, 0.2) is 18.6 Å². The average Bonchev–Trinajstić information content (AvgIpc) is 3.08. The summed E-state index contributed by atoms with van der Waals surface area (Å²) in [5.74, 6) is 2.22. The summed E-state index contributed by atoms with van der Waals surface area (Å²) in [6.45, 7) is 5.94. The van der Waals surface area contributed by atoms with Crippen molar-refractivity contribution >= 4 is 11.8 Å². The maximum absolute atomic E-state index is 5.64. The number of nitrogens with one attached hydrogen (secondary N) is 1. The van der Waals surface area contributed by atoms with E-state index in [-0.39, 0.29) is 0 Å². The van der Waals surface area contributed by atoms with E-state index in [1.54, 1.807) is 6.20 Å². The van der Waals surface area contributed by atoms with Crippen molar-refractivity contribution in [2.75, 3.05) is 17.6 Å². The Morgan fingerprint density at radius 1 is 1.35 bits per heavy atom. The highest BCUT2D eigenvalue weighted by Gasteiger charge is 2.43. The van der Waals surface area contributed by atoms with Gasteiger partial charge in [0, 0.05) is 42.7 Å². The molecule has 0 aromatic carbocycles. The van der Waals surface area contributed by atoms with Gasteiger partial charge in [-0.3, -0.25) is 0 Å². The minimum absolute atomic E-state index is 0.313. The summed E-state index contributed by atoms with van der Waals surface area (Å²) in [5.41, 5.74) is 6.98. The minimum atomic E-state index is 0.313. The van der Waals surface area contributed by atoms with Crippen molar-refractivity contribution in [3.63, 3.8) is 0 Å². The Morgan fingerprint density at radius 2 is 2.15 bits per heavy atom. The topological polar surface area (TPSA) is 81.6 Å². The van der Waals surface area contributed by atoms with Crippen LogP contribution >= 0.6 is 0 Å². The van der Waals surface area contributed by atoms with Crippen LogP contribution in [0.25, 0.3) is 0 Å². The van der Waals surface area contributed by atoms with Gasteiger partial charge in [0.1, 0.15) is 11.6 Å². The molecule has 1 fully saturated rings. The lowest BCUT2D eigenvalue weighted by Gasteiger charge is -2.18. The van der Waals surface area contributed by atoms with E-state index in [1.807, 2.05) is 26.2 Å². The zero-order valence-electron chi connectivity index (χ0n) is 11.9. The molecular weight excluding hydrogens is 252 g/mol. The van der Waals surface area contributed by atoms with Gasteiger partial charge in [0.25, 0.3) is 0 Å². The number of rotatable bonds is 5. The summed E-state index contributed by atoms with van der Waals surface area (Å²) in [7, 11) is 0. The molecule has 3 N–H and O–H groups in total. The first-order chi connectivity index (χ1) is 9.58. The first kappa shape index (κ1) is 12.9. The van der Waals surface area contributed by atoms with Gasteiger partial charge in [0.15, 0.2) is 0 Å². The van der Waals surface area contributed by atoms with Crippen LogP contribution in [0, 0.1) is 19.3 Å². The lowest BCUT2D eigenvalue weighted by atomic mass is 10.1. The Morgan fingerprint density at radius 3 is 2.80 bits per heavy atom. The molecule has 6 nitrogen and oxygen atoms in total. The second-order valence-corrected chi connectivity index (χ2v) is 5.72. The summed E-state index contributed by atoms with van der Waals surface area (Å²) in [4.78, 5) is 12.5. The van der Waals surface area contributed by atoms with E-state index in [9.17, 15) is 0 Å². The molecule has 0 radical (unpaired) electrons. The lowest BCUT2D eigenvalue weighted by Crippen LogP contribution is -2.22. The number of nitrogens with zero attached hydrogens (tertiary/aromatic N) is 4. The van der Waals surface area contributed by atoms with Gasteiger partial charge in [0.05, 0.1) is 0 Å². The fraction of sp³-hybridized carbons (Fsp3) is 0.500. The molecule has 6 heteroatoms. The van der Waals surface area contributed by atoms with Gasteiger partial charge in [-0.15, -0.1) is 0 Å². The van der Waals surface area contributed by atoms with Gasteiger partial charge in [-0.05, 0) is 26.7 Å². The standard InChI is InChI=1S/C14H20N6/c1-10-7-17-13(15)19-12(10)18-8-14(3-4-14)9-20-6-5-16-11(20)2/h5-7H,3-4,8-9H2,1-2H3,(H3,15,17,18,19). The predicted octanol–water partition coefficient (Wildman–Crippen LogP) is 1.76. The predicted molar refractivity (Wildman–Crippen MR) is 78.3 cm³/mol. The number of nitrogens with two attached hydrogens (primary N) is 1. The van der Waals surface area contributed by atoms with Gasteiger partial charge in [-0.25, -0.2) is 9.97 Å². The monoisotopic (exact) mass is 272 g/mol. The summed E-state index contributed by atoms with van der Waals surface area (Å²) < 4.78 is 2.22. The van der Waals surface area contributed by atoms with Gasteiger partial charge in [-0.1, -0.05) is 0 Å². The van der Waals surface area contributed by atoms with Crippen molar-refractivity contribution in [2.24, 2.45) is 5.41 Å². The fourth-order valence-electron chi connectivity index (χ4n) is 2.41. The molecule has 0 bridgehead atoms. The van der Waals surface area contributed by atoms with Gasteiger partial charge >= 0.3 is 0 Å². The van der Waals surface area contributed by atoms with Crippen LogP contribution in [0.2, 0.25) is 0 Å². The van der Waals surface area contributed by atoms with Crippen molar-refractivity contribution in [1.29, 1.82) is 0 Å². The smallest absolute Gasteiger partial charge is 0.221 e. The van der Waals surface area contributed by atoms with Crippen LogP contribution < -0.4 is 11.1 Å². The minimum Gasteiger partial charge on any atom is -0.369 e.